The Morgan fingerprint density at radius 3 is 2.35 bits per heavy atom. The molecule has 0 atom stereocenters. The van der Waals surface area contributed by atoms with Gasteiger partial charge in [0.1, 0.15) is 0 Å². The molecule has 0 unspecified atom stereocenters. The molecule has 0 saturated heterocycles. The van der Waals surface area contributed by atoms with Crippen LogP contribution >= 0.6 is 0 Å². The number of carbonyl (C=O) groups excluding carboxylic acids is 1. The third-order valence-electron chi connectivity index (χ3n) is 3.52. The molecule has 2 nitrogen and oxygen atoms in total. The van der Waals surface area contributed by atoms with Gasteiger partial charge in [-0.15, -0.1) is 0 Å². The van der Waals surface area contributed by atoms with E-state index >= 15 is 0 Å². The lowest BCUT2D eigenvalue weighted by molar-refractivity contribution is 0.0981. The van der Waals surface area contributed by atoms with Crippen molar-refractivity contribution in [2.24, 2.45) is 0 Å². The Kier molecular flexibility index (Phi) is 4.94. The third kappa shape index (κ3) is 3.70. The molecule has 20 heavy (non-hydrogen) atoms. The Hall–Kier alpha value is -2.09. The SMILES string of the molecule is Cc1ccccc1N(C)CCCC(=O)c1ccccc1. The van der Waals surface area contributed by atoms with E-state index in [1.165, 1.54) is 11.3 Å². The number of para-hydroxylation sites is 1. The summed E-state index contributed by atoms with van der Waals surface area (Å²) in [6, 6.07) is 17.8. The molecule has 0 fully saturated rings. The van der Waals surface area contributed by atoms with Crippen molar-refractivity contribution in [3.8, 4) is 0 Å². The highest BCUT2D eigenvalue weighted by molar-refractivity contribution is 5.95. The van der Waals surface area contributed by atoms with Gasteiger partial charge >= 0.3 is 0 Å². The second-order valence-electron chi connectivity index (χ2n) is 5.10. The number of nitrogens with zero attached hydrogens (tertiary/aromatic N) is 1. The standard InChI is InChI=1S/C18H21NO/c1-15-9-6-7-12-17(15)19(2)14-8-13-18(20)16-10-4-3-5-11-16/h3-7,9-12H,8,13-14H2,1-2H3. The summed E-state index contributed by atoms with van der Waals surface area (Å²) in [7, 11) is 2.08. The highest BCUT2D eigenvalue weighted by Gasteiger charge is 2.07. The summed E-state index contributed by atoms with van der Waals surface area (Å²) in [6.07, 6.45) is 1.47. The van der Waals surface area contributed by atoms with E-state index < -0.39 is 0 Å². The summed E-state index contributed by atoms with van der Waals surface area (Å²) in [4.78, 5) is 14.2. The van der Waals surface area contributed by atoms with Crippen molar-refractivity contribution < 1.29 is 4.79 Å². The lowest BCUT2D eigenvalue weighted by Crippen LogP contribution is -2.20. The largest absolute Gasteiger partial charge is 0.374 e. The zero-order valence-electron chi connectivity index (χ0n) is 12.2. The molecule has 0 heterocycles. The molecular weight excluding hydrogens is 246 g/mol. The van der Waals surface area contributed by atoms with Crippen molar-refractivity contribution in [2.45, 2.75) is 19.8 Å². The molecule has 0 amide bonds. The minimum absolute atomic E-state index is 0.226. The maximum absolute atomic E-state index is 12.0. The average Bonchev–Trinajstić information content (AvgIpc) is 2.48. The van der Waals surface area contributed by atoms with E-state index in [4.69, 9.17) is 0 Å². The molecule has 0 saturated carbocycles. The van der Waals surface area contributed by atoms with Gasteiger partial charge in [-0.1, -0.05) is 48.5 Å². The normalized spacial score (nSPS) is 10.3. The number of hydrogen-bond donors (Lipinski definition) is 0. The van der Waals surface area contributed by atoms with Gasteiger partial charge in [-0.25, -0.2) is 0 Å². The van der Waals surface area contributed by atoms with Gasteiger partial charge in [-0.05, 0) is 25.0 Å². The number of benzene rings is 2. The number of aryl methyl sites for hydroxylation is 1. The maximum atomic E-state index is 12.0. The van der Waals surface area contributed by atoms with Crippen molar-refractivity contribution in [1.29, 1.82) is 0 Å². The molecule has 0 aliphatic heterocycles. The molecule has 104 valence electrons. The average molecular weight is 267 g/mol. The van der Waals surface area contributed by atoms with Crippen LogP contribution in [0.3, 0.4) is 0 Å². The summed E-state index contributed by atoms with van der Waals surface area (Å²) in [5.41, 5.74) is 3.31. The molecule has 0 aliphatic carbocycles. The zero-order chi connectivity index (χ0) is 14.4. The van der Waals surface area contributed by atoms with Crippen molar-refractivity contribution in [1.82, 2.24) is 0 Å². The third-order valence-corrected chi connectivity index (χ3v) is 3.52. The molecule has 0 bridgehead atoms. The summed E-state index contributed by atoms with van der Waals surface area (Å²) in [5.74, 6) is 0.226. The number of anilines is 1. The van der Waals surface area contributed by atoms with Crippen LogP contribution in [0.2, 0.25) is 0 Å². The summed E-state index contributed by atoms with van der Waals surface area (Å²) in [6.45, 7) is 3.00. The van der Waals surface area contributed by atoms with Crippen LogP contribution in [-0.4, -0.2) is 19.4 Å². The van der Waals surface area contributed by atoms with Crippen LogP contribution in [0.1, 0.15) is 28.8 Å². The highest BCUT2D eigenvalue weighted by atomic mass is 16.1. The van der Waals surface area contributed by atoms with Crippen molar-refractivity contribution in [3.05, 3.63) is 65.7 Å². The fourth-order valence-corrected chi connectivity index (χ4v) is 2.36. The number of ketones is 1. The summed E-state index contributed by atoms with van der Waals surface area (Å²) < 4.78 is 0. The van der Waals surface area contributed by atoms with Crippen molar-refractivity contribution >= 4 is 11.5 Å². The van der Waals surface area contributed by atoms with Crippen LogP contribution in [0.25, 0.3) is 0 Å². The number of hydrogen-bond acceptors (Lipinski definition) is 2. The lowest BCUT2D eigenvalue weighted by Gasteiger charge is -2.21. The second-order valence-corrected chi connectivity index (χ2v) is 5.10. The minimum atomic E-state index is 0.226. The number of Topliss-reactive ketones (excluding diaryl/α,β-unsaturated/α-hetero) is 1. The second kappa shape index (κ2) is 6.90. The first-order chi connectivity index (χ1) is 9.68. The highest BCUT2D eigenvalue weighted by Crippen LogP contribution is 2.18. The number of carbonyl (C=O) groups is 1. The Morgan fingerprint density at radius 2 is 1.65 bits per heavy atom. The van der Waals surface area contributed by atoms with Crippen LogP contribution in [0.5, 0.6) is 0 Å². The molecule has 2 aromatic rings. The van der Waals surface area contributed by atoms with E-state index in [1.807, 2.05) is 42.5 Å². The molecule has 0 aliphatic rings. The minimum Gasteiger partial charge on any atom is -0.374 e. The van der Waals surface area contributed by atoms with Crippen molar-refractivity contribution in [3.63, 3.8) is 0 Å². The summed E-state index contributed by atoms with van der Waals surface area (Å²) in [5, 5.41) is 0. The van der Waals surface area contributed by atoms with Crippen LogP contribution in [0.15, 0.2) is 54.6 Å². The van der Waals surface area contributed by atoms with Gasteiger partial charge in [0.15, 0.2) is 5.78 Å². The van der Waals surface area contributed by atoms with Gasteiger partial charge < -0.3 is 4.90 Å². The smallest absolute Gasteiger partial charge is 0.162 e. The van der Waals surface area contributed by atoms with Gasteiger partial charge in [0.25, 0.3) is 0 Å². The Morgan fingerprint density at radius 1 is 1.00 bits per heavy atom. The first-order valence-corrected chi connectivity index (χ1v) is 7.03. The van der Waals surface area contributed by atoms with Gasteiger partial charge in [0.05, 0.1) is 0 Å². The van der Waals surface area contributed by atoms with Crippen molar-refractivity contribution in [2.75, 3.05) is 18.5 Å². The predicted octanol–water partition coefficient (Wildman–Crippen LogP) is 4.09. The first kappa shape index (κ1) is 14.3. The fraction of sp³-hybridized carbons (Fsp3) is 0.278. The van der Waals surface area contributed by atoms with E-state index in [0.29, 0.717) is 6.42 Å². The van der Waals surface area contributed by atoms with Gasteiger partial charge in [-0.3, -0.25) is 4.79 Å². The fourth-order valence-electron chi connectivity index (χ4n) is 2.36. The van der Waals surface area contributed by atoms with E-state index in [1.54, 1.807) is 0 Å². The van der Waals surface area contributed by atoms with Gasteiger partial charge in [0.2, 0.25) is 0 Å². The van der Waals surface area contributed by atoms with Crippen LogP contribution in [0, 0.1) is 6.92 Å². The molecule has 0 spiro atoms. The Balaban J connectivity index is 1.84. The number of rotatable bonds is 6. The van der Waals surface area contributed by atoms with Gasteiger partial charge in [0, 0.05) is 31.3 Å². The quantitative estimate of drug-likeness (QED) is 0.735. The van der Waals surface area contributed by atoms with Crippen LogP contribution in [-0.2, 0) is 0 Å². The van der Waals surface area contributed by atoms with E-state index in [-0.39, 0.29) is 5.78 Å². The van der Waals surface area contributed by atoms with Crippen LogP contribution in [0.4, 0.5) is 5.69 Å². The first-order valence-electron chi connectivity index (χ1n) is 7.03. The molecule has 2 rings (SSSR count). The van der Waals surface area contributed by atoms with Gasteiger partial charge in [-0.2, -0.15) is 0 Å². The molecule has 0 aromatic heterocycles. The molecular formula is C18H21NO. The lowest BCUT2D eigenvalue weighted by atomic mass is 10.1. The van der Waals surface area contributed by atoms with E-state index in [2.05, 4.69) is 31.0 Å². The Labute approximate surface area is 121 Å². The van der Waals surface area contributed by atoms with Crippen LogP contribution < -0.4 is 4.90 Å². The maximum Gasteiger partial charge on any atom is 0.162 e. The summed E-state index contributed by atoms with van der Waals surface area (Å²) >= 11 is 0. The van der Waals surface area contributed by atoms with E-state index in [9.17, 15) is 4.79 Å². The predicted molar refractivity (Wildman–Crippen MR) is 84.5 cm³/mol. The monoisotopic (exact) mass is 267 g/mol. The zero-order valence-corrected chi connectivity index (χ0v) is 12.2. The van der Waals surface area contributed by atoms with E-state index in [0.717, 1.165) is 18.5 Å². The Bertz CT molecular complexity index is 563. The molecule has 2 heteroatoms. The molecule has 0 radical (unpaired) electrons. The molecule has 0 N–H and O–H groups in total. The topological polar surface area (TPSA) is 20.3 Å². The molecule has 2 aromatic carbocycles.